The van der Waals surface area contributed by atoms with E-state index in [1.165, 1.54) is 0 Å². The Morgan fingerprint density at radius 2 is 0.895 bits per heavy atom. The molecule has 0 saturated heterocycles. The van der Waals surface area contributed by atoms with E-state index in [1.807, 2.05) is 20.8 Å². The zero-order chi connectivity index (χ0) is 14.7. The maximum atomic E-state index is 5.61. The molecule has 0 heterocycles. The summed E-state index contributed by atoms with van der Waals surface area (Å²) in [5.74, 6) is 0. The van der Waals surface area contributed by atoms with Crippen molar-refractivity contribution >= 4 is 9.53 Å². The van der Waals surface area contributed by atoms with Crippen LogP contribution < -0.4 is 0 Å². The maximum absolute atomic E-state index is 5.61. The molecule has 115 valence electrons. The van der Waals surface area contributed by atoms with Crippen molar-refractivity contribution in [3.05, 3.63) is 0 Å². The van der Waals surface area contributed by atoms with Gasteiger partial charge in [0.2, 0.25) is 0 Å². The number of hydrogen-bond acceptors (Lipinski definition) is 6. The Balaban J connectivity index is 4.06. The Hall–Kier alpha value is -0.0231. The number of rotatable bonds is 12. The first kappa shape index (κ1) is 19.0. The van der Waals surface area contributed by atoms with Crippen molar-refractivity contribution < 1.29 is 27.5 Å². The quantitative estimate of drug-likeness (QED) is 0.503. The lowest BCUT2D eigenvalue weighted by atomic mass is 10.4. The van der Waals surface area contributed by atoms with Crippen molar-refractivity contribution in [3.63, 3.8) is 0 Å². The van der Waals surface area contributed by atoms with E-state index < -0.39 is 9.53 Å². The van der Waals surface area contributed by atoms with E-state index in [2.05, 4.69) is 0 Å². The molecule has 3 unspecified atom stereocenters. The molecule has 0 aromatic carbocycles. The van der Waals surface area contributed by atoms with Gasteiger partial charge in [-0.1, -0.05) is 0 Å². The summed E-state index contributed by atoms with van der Waals surface area (Å²) in [7, 11) is 3.12. The lowest BCUT2D eigenvalue weighted by Crippen LogP contribution is -2.35. The molecule has 0 aliphatic rings. The molecule has 0 aliphatic heterocycles. The van der Waals surface area contributed by atoms with Crippen LogP contribution in [0.5, 0.6) is 0 Å². The lowest BCUT2D eigenvalue weighted by Gasteiger charge is -2.20. The summed E-state index contributed by atoms with van der Waals surface area (Å²) < 4.78 is 32.2. The molecule has 6 nitrogen and oxygen atoms in total. The third kappa shape index (κ3) is 10.4. The summed E-state index contributed by atoms with van der Waals surface area (Å²) >= 11 is 0. The predicted octanol–water partition coefficient (Wildman–Crippen LogP) is 1.13. The van der Waals surface area contributed by atoms with Gasteiger partial charge in [0.1, 0.15) is 0 Å². The molecule has 0 amide bonds. The SMILES string of the molecule is COC(C)CO[Si](OCC(C)OC)OCC(C)OC. The van der Waals surface area contributed by atoms with E-state index in [0.717, 1.165) is 0 Å². The second kappa shape index (κ2) is 11.8. The normalized spacial score (nSPS) is 16.6. The maximum Gasteiger partial charge on any atom is 0.578 e. The van der Waals surface area contributed by atoms with Gasteiger partial charge < -0.3 is 27.5 Å². The van der Waals surface area contributed by atoms with Crippen molar-refractivity contribution in [1.82, 2.24) is 0 Å². The monoisotopic (exact) mass is 295 g/mol. The molecule has 0 aromatic rings. The Labute approximate surface area is 118 Å². The highest BCUT2D eigenvalue weighted by Gasteiger charge is 2.22. The Kier molecular flexibility index (Phi) is 11.8. The van der Waals surface area contributed by atoms with Gasteiger partial charge in [0.05, 0.1) is 38.1 Å². The molecule has 0 aliphatic carbocycles. The zero-order valence-corrected chi connectivity index (χ0v) is 13.8. The molecule has 0 spiro atoms. The minimum absolute atomic E-state index is 0.00639. The molecule has 0 saturated carbocycles. The van der Waals surface area contributed by atoms with Crippen molar-refractivity contribution in [1.29, 1.82) is 0 Å². The van der Waals surface area contributed by atoms with Crippen LogP contribution in [-0.2, 0) is 27.5 Å². The molecular formula is C12H27O6Si. The Bertz CT molecular complexity index is 173. The van der Waals surface area contributed by atoms with Crippen molar-refractivity contribution in [2.75, 3.05) is 41.2 Å². The summed E-state index contributed by atoms with van der Waals surface area (Å²) in [6.45, 7) is 7.09. The van der Waals surface area contributed by atoms with Crippen LogP contribution in [0.15, 0.2) is 0 Å². The van der Waals surface area contributed by atoms with Crippen molar-refractivity contribution in [2.45, 2.75) is 39.1 Å². The first-order chi connectivity index (χ1) is 9.03. The predicted molar refractivity (Wildman–Crippen MR) is 73.0 cm³/mol. The molecule has 0 rings (SSSR count). The van der Waals surface area contributed by atoms with Crippen LogP contribution in [0.2, 0.25) is 0 Å². The Morgan fingerprint density at radius 3 is 1.11 bits per heavy atom. The number of methoxy groups -OCH3 is 3. The zero-order valence-electron chi connectivity index (χ0n) is 12.8. The topological polar surface area (TPSA) is 55.4 Å². The largest absolute Gasteiger partial charge is 0.578 e. The fourth-order valence-electron chi connectivity index (χ4n) is 0.885. The van der Waals surface area contributed by atoms with E-state index >= 15 is 0 Å². The fourth-order valence-corrected chi connectivity index (χ4v) is 2.25. The van der Waals surface area contributed by atoms with E-state index in [1.54, 1.807) is 21.3 Å². The second-order valence-corrected chi connectivity index (χ2v) is 5.69. The lowest BCUT2D eigenvalue weighted by molar-refractivity contribution is -0.00908. The highest BCUT2D eigenvalue weighted by molar-refractivity contribution is 6.36. The molecule has 0 bridgehead atoms. The van der Waals surface area contributed by atoms with Gasteiger partial charge in [-0.05, 0) is 20.8 Å². The van der Waals surface area contributed by atoms with Crippen LogP contribution in [0.3, 0.4) is 0 Å². The third-order valence-corrected chi connectivity index (χ3v) is 3.72. The van der Waals surface area contributed by atoms with Crippen LogP contribution in [0.4, 0.5) is 0 Å². The van der Waals surface area contributed by atoms with Crippen LogP contribution in [0, 0.1) is 0 Å². The van der Waals surface area contributed by atoms with Crippen LogP contribution in [0.1, 0.15) is 20.8 Å². The smallest absolute Gasteiger partial charge is 0.379 e. The van der Waals surface area contributed by atoms with Gasteiger partial charge in [0.25, 0.3) is 0 Å². The van der Waals surface area contributed by atoms with Gasteiger partial charge in [-0.15, -0.1) is 0 Å². The molecule has 7 heteroatoms. The second-order valence-electron chi connectivity index (χ2n) is 4.32. The first-order valence-electron chi connectivity index (χ1n) is 6.37. The molecule has 19 heavy (non-hydrogen) atoms. The van der Waals surface area contributed by atoms with E-state index in [0.29, 0.717) is 19.8 Å². The summed E-state index contributed by atoms with van der Waals surface area (Å²) in [5, 5.41) is 0. The third-order valence-electron chi connectivity index (χ3n) is 2.51. The van der Waals surface area contributed by atoms with Crippen LogP contribution in [0.25, 0.3) is 0 Å². The molecule has 0 N–H and O–H groups in total. The highest BCUT2D eigenvalue weighted by Crippen LogP contribution is 2.01. The van der Waals surface area contributed by atoms with Gasteiger partial charge in [-0.3, -0.25) is 0 Å². The summed E-state index contributed by atoms with van der Waals surface area (Å²) in [5.41, 5.74) is 0. The van der Waals surface area contributed by atoms with Crippen LogP contribution >= 0.6 is 0 Å². The number of ether oxygens (including phenoxy) is 3. The standard InChI is InChI=1S/C12H27O6Si/c1-10(13-4)7-16-19(17-8-11(2)14-5)18-9-12(3)15-6/h10-12H,7-9H2,1-6H3. The van der Waals surface area contributed by atoms with Gasteiger partial charge in [0.15, 0.2) is 0 Å². The first-order valence-corrected chi connectivity index (χ1v) is 7.59. The average molecular weight is 295 g/mol. The van der Waals surface area contributed by atoms with Gasteiger partial charge in [-0.25, -0.2) is 0 Å². The van der Waals surface area contributed by atoms with E-state index in [4.69, 9.17) is 27.5 Å². The summed E-state index contributed by atoms with van der Waals surface area (Å²) in [6, 6.07) is 0. The Morgan fingerprint density at radius 1 is 0.632 bits per heavy atom. The van der Waals surface area contributed by atoms with E-state index in [-0.39, 0.29) is 18.3 Å². The van der Waals surface area contributed by atoms with Gasteiger partial charge in [-0.2, -0.15) is 0 Å². The summed E-state index contributed by atoms with van der Waals surface area (Å²) in [6.07, 6.45) is 0.0192. The van der Waals surface area contributed by atoms with E-state index in [9.17, 15) is 0 Å². The highest BCUT2D eigenvalue weighted by atomic mass is 28.3. The molecular weight excluding hydrogens is 268 g/mol. The molecule has 3 atom stereocenters. The fraction of sp³-hybridized carbons (Fsp3) is 1.00. The average Bonchev–Trinajstić information content (AvgIpc) is 2.44. The number of hydrogen-bond donors (Lipinski definition) is 0. The minimum atomic E-state index is -1.80. The molecule has 1 radical (unpaired) electrons. The van der Waals surface area contributed by atoms with Crippen molar-refractivity contribution in [3.8, 4) is 0 Å². The minimum Gasteiger partial charge on any atom is -0.379 e. The van der Waals surface area contributed by atoms with Crippen LogP contribution in [-0.4, -0.2) is 69.0 Å². The van der Waals surface area contributed by atoms with Gasteiger partial charge in [0, 0.05) is 21.3 Å². The van der Waals surface area contributed by atoms with Crippen molar-refractivity contribution in [2.24, 2.45) is 0 Å². The van der Waals surface area contributed by atoms with Gasteiger partial charge >= 0.3 is 9.53 Å². The molecule has 0 fully saturated rings. The summed E-state index contributed by atoms with van der Waals surface area (Å²) in [4.78, 5) is 0. The molecule has 0 aromatic heterocycles.